The molecule has 394 valence electrons. The van der Waals surface area contributed by atoms with Crippen LogP contribution in [0.15, 0.2) is 62.7 Å². The summed E-state index contributed by atoms with van der Waals surface area (Å²) in [5.74, 6) is 3.31. The first kappa shape index (κ1) is 63.5. The predicted molar refractivity (Wildman–Crippen MR) is 308 cm³/mol. The molecule has 0 fully saturated rings. The second-order valence-corrected chi connectivity index (χ2v) is 24.6. The number of nitrogens with zero attached hydrogens (tertiary/aromatic N) is 10. The summed E-state index contributed by atoms with van der Waals surface area (Å²) in [7, 11) is 19.7. The Morgan fingerprint density at radius 1 is 0.639 bits per heavy atom. The number of amides is 3. The van der Waals surface area contributed by atoms with Gasteiger partial charge in [0.25, 0.3) is 11.1 Å². The van der Waals surface area contributed by atoms with Crippen LogP contribution in [0.2, 0.25) is 0 Å². The highest BCUT2D eigenvalue weighted by Gasteiger charge is 2.15. The summed E-state index contributed by atoms with van der Waals surface area (Å²) in [6, 6.07) is 3.31. The standard InChI is InChI=1S/C11H14N4O2S2.C10H13N5OS2.C10H14N2O3S2.C9H13N3O2S2.C2H6/c1-15-6-12-10-7(15)5-8(14-11(10)17)13-9(16)3-4-19-18-2;1-15-6-13-8-9(11-5-12-10(8)15)14-7(16)3-4-18-17-2;1-7-6-11(2)10(15)12(9(7)14)8(13)4-5-17-16-3;1-12-5-3-7(11-9(12)14)10-8(13)4-6-16-15-2;1-2/h5-6H,3-4H2,1-2H3,(H2,13,14,16,17);5-6H,3-4H2,1-2H3,(H,11,12,14,16);6H,4-5H2,1-3H3;3,5H,4,6H2,1-2H3,(H,10,11,13,14);1-2H3. The Hall–Kier alpha value is -4.59. The van der Waals surface area contributed by atoms with E-state index in [-0.39, 0.29) is 35.4 Å². The number of hydrogen-bond donors (Lipinski definition) is 4. The largest absolute Gasteiger partial charge is 0.349 e. The first-order chi connectivity index (χ1) is 34.4. The number of hydrogen-bond acceptors (Lipinski definition) is 21. The Morgan fingerprint density at radius 3 is 1.74 bits per heavy atom. The molecule has 6 heterocycles. The van der Waals surface area contributed by atoms with Crippen LogP contribution in [-0.2, 0) is 42.6 Å². The van der Waals surface area contributed by atoms with E-state index in [9.17, 15) is 38.4 Å². The molecule has 6 aromatic rings. The Labute approximate surface area is 447 Å². The van der Waals surface area contributed by atoms with Gasteiger partial charge in [-0.1, -0.05) is 100 Å². The zero-order chi connectivity index (χ0) is 53.8. The van der Waals surface area contributed by atoms with Gasteiger partial charge in [-0.25, -0.2) is 29.5 Å². The SMILES string of the molecule is CC.CSSCCC(=O)Nc1cc2c(ncn2C)c(=O)[nH]1.CSSCCC(=O)Nc1ccn(C)c(=O)n1.CSSCCC(=O)Nc1ncnc2c1ncn2C.CSSCCC(=O)n1c(=O)c(C)cn(C)c1=O. The maximum atomic E-state index is 11.8. The van der Waals surface area contributed by atoms with Crippen molar-refractivity contribution >= 4 is 150 Å². The fraction of sp³-hybridized carbons (Fsp3) is 0.452. The molecule has 22 nitrogen and oxygen atoms in total. The number of pyridine rings is 1. The van der Waals surface area contributed by atoms with E-state index in [1.165, 1.54) is 39.5 Å². The average Bonchev–Trinajstić information content (AvgIpc) is 3.93. The normalized spacial score (nSPS) is 10.4. The van der Waals surface area contributed by atoms with Crippen LogP contribution in [0.3, 0.4) is 0 Å². The molecule has 6 aromatic heterocycles. The number of fused-ring (bicyclic) bond motifs is 2. The van der Waals surface area contributed by atoms with Crippen molar-refractivity contribution in [2.24, 2.45) is 28.2 Å². The minimum atomic E-state index is -0.584. The summed E-state index contributed by atoms with van der Waals surface area (Å²) in [5.41, 5.74) is 0.994. The molecule has 0 aliphatic carbocycles. The highest BCUT2D eigenvalue weighted by atomic mass is 33.1. The van der Waals surface area contributed by atoms with Crippen molar-refractivity contribution in [1.29, 1.82) is 0 Å². The number of carbonyl (C=O) groups is 4. The van der Waals surface area contributed by atoms with Gasteiger partial charge >= 0.3 is 11.4 Å². The predicted octanol–water partition coefficient (Wildman–Crippen LogP) is 6.35. The van der Waals surface area contributed by atoms with E-state index in [2.05, 4.69) is 45.9 Å². The van der Waals surface area contributed by atoms with Crippen molar-refractivity contribution in [3.63, 3.8) is 0 Å². The van der Waals surface area contributed by atoms with Crippen LogP contribution >= 0.6 is 86.4 Å². The number of carbonyl (C=O) groups excluding carboxylic acids is 4. The van der Waals surface area contributed by atoms with Crippen molar-refractivity contribution in [2.45, 2.75) is 46.5 Å². The summed E-state index contributed by atoms with van der Waals surface area (Å²) in [5, 5.41) is 8.04. The summed E-state index contributed by atoms with van der Waals surface area (Å²) in [6.07, 6.45) is 17.0. The number of aromatic amines is 1. The second kappa shape index (κ2) is 34.8. The number of rotatable bonds is 19. The van der Waals surface area contributed by atoms with Gasteiger partial charge in [0.15, 0.2) is 22.5 Å². The summed E-state index contributed by atoms with van der Waals surface area (Å²) in [6.45, 7) is 5.59. The zero-order valence-corrected chi connectivity index (χ0v) is 48.2. The molecule has 0 bridgehead atoms. The average molecular weight is 1150 g/mol. The van der Waals surface area contributed by atoms with E-state index in [0.717, 1.165) is 21.8 Å². The van der Waals surface area contributed by atoms with Gasteiger partial charge in [-0.3, -0.25) is 28.8 Å². The smallest absolute Gasteiger partial charge is 0.333 e. The first-order valence-corrected chi connectivity index (χ1v) is 32.4. The molecule has 0 atom stereocenters. The van der Waals surface area contributed by atoms with Crippen LogP contribution in [0.4, 0.5) is 17.5 Å². The second-order valence-electron chi connectivity index (χ2n) is 13.9. The van der Waals surface area contributed by atoms with Crippen LogP contribution < -0.4 is 38.4 Å². The van der Waals surface area contributed by atoms with Crippen LogP contribution in [-0.4, -0.2) is 124 Å². The van der Waals surface area contributed by atoms with E-state index >= 15 is 0 Å². The third-order valence-corrected chi connectivity index (χ3v) is 16.0. The third kappa shape index (κ3) is 21.5. The molecule has 0 saturated heterocycles. The quantitative estimate of drug-likeness (QED) is 0.0508. The van der Waals surface area contributed by atoms with Crippen molar-refractivity contribution in [2.75, 3.05) is 64.0 Å². The molecular weight excluding hydrogens is 1090 g/mol. The van der Waals surface area contributed by atoms with Crippen molar-refractivity contribution < 1.29 is 19.2 Å². The van der Waals surface area contributed by atoms with E-state index in [0.29, 0.717) is 70.2 Å². The van der Waals surface area contributed by atoms with Gasteiger partial charge in [0.05, 0.1) is 18.2 Å². The minimum absolute atomic E-state index is 0.0535. The van der Waals surface area contributed by atoms with Crippen LogP contribution in [0, 0.1) is 6.92 Å². The molecule has 0 aliphatic rings. The summed E-state index contributed by atoms with van der Waals surface area (Å²) >= 11 is 0. The molecule has 72 heavy (non-hydrogen) atoms. The maximum Gasteiger partial charge on any atom is 0.349 e. The zero-order valence-electron chi connectivity index (χ0n) is 41.7. The van der Waals surface area contributed by atoms with Gasteiger partial charge in [-0.05, 0) is 38.0 Å². The molecule has 6 rings (SSSR count). The van der Waals surface area contributed by atoms with Gasteiger partial charge in [0.1, 0.15) is 18.0 Å². The topological polar surface area (TPSA) is 278 Å². The minimum Gasteiger partial charge on any atom is -0.333 e. The van der Waals surface area contributed by atoms with Gasteiger partial charge < -0.3 is 39.2 Å². The molecule has 30 heteroatoms. The van der Waals surface area contributed by atoms with Crippen molar-refractivity contribution in [3.05, 3.63) is 90.7 Å². The number of nitrogens with one attached hydrogen (secondary N) is 4. The Balaban J connectivity index is 0.000000326. The fourth-order valence-electron chi connectivity index (χ4n) is 5.41. The van der Waals surface area contributed by atoms with Crippen LogP contribution in [0.5, 0.6) is 0 Å². The van der Waals surface area contributed by atoms with Crippen LogP contribution in [0.1, 0.15) is 49.9 Å². The molecule has 0 spiro atoms. The van der Waals surface area contributed by atoms with Gasteiger partial charge in [-0.15, -0.1) is 0 Å². The number of H-pyrrole nitrogens is 1. The third-order valence-electron chi connectivity index (χ3n) is 8.78. The number of imidazole rings is 2. The molecule has 0 aliphatic heterocycles. The molecular formula is C42H60N14O8S8. The van der Waals surface area contributed by atoms with E-state index in [4.69, 9.17) is 0 Å². The molecule has 0 radical (unpaired) electrons. The van der Waals surface area contributed by atoms with Crippen molar-refractivity contribution in [3.8, 4) is 0 Å². The summed E-state index contributed by atoms with van der Waals surface area (Å²) < 4.78 is 6.84. The fourth-order valence-corrected chi connectivity index (χ4v) is 10.1. The molecule has 4 N–H and O–H groups in total. The van der Waals surface area contributed by atoms with Gasteiger partial charge in [-0.2, -0.15) is 9.55 Å². The molecule has 0 aromatic carbocycles. The van der Waals surface area contributed by atoms with E-state index in [1.807, 2.05) is 45.9 Å². The highest BCUT2D eigenvalue weighted by Crippen LogP contribution is 2.21. The molecule has 0 saturated carbocycles. The lowest BCUT2D eigenvalue weighted by Crippen LogP contribution is -2.43. The lowest BCUT2D eigenvalue weighted by molar-refractivity contribution is -0.116. The van der Waals surface area contributed by atoms with E-state index < -0.39 is 17.2 Å². The van der Waals surface area contributed by atoms with Crippen LogP contribution in [0.25, 0.3) is 22.2 Å². The lowest BCUT2D eigenvalue weighted by atomic mass is 10.3. The highest BCUT2D eigenvalue weighted by molar-refractivity contribution is 8.77. The molecule has 3 amide bonds. The number of aryl methyl sites for hydroxylation is 5. The van der Waals surface area contributed by atoms with Crippen molar-refractivity contribution in [1.82, 2.24) is 52.7 Å². The monoisotopic (exact) mass is 1140 g/mol. The maximum absolute atomic E-state index is 11.8. The summed E-state index contributed by atoms with van der Waals surface area (Å²) in [4.78, 5) is 116. The van der Waals surface area contributed by atoms with E-state index in [1.54, 1.807) is 137 Å². The first-order valence-electron chi connectivity index (χ1n) is 21.5. The van der Waals surface area contributed by atoms with Gasteiger partial charge in [0.2, 0.25) is 23.6 Å². The lowest BCUT2D eigenvalue weighted by Gasteiger charge is -2.06. The molecule has 0 unspecified atom stereocenters. The Bertz CT molecular complexity index is 2910. The number of anilines is 3. The van der Waals surface area contributed by atoms with Gasteiger partial charge in [0, 0.05) is 101 Å². The number of aromatic nitrogens is 11. The Morgan fingerprint density at radius 2 is 1.17 bits per heavy atom. The Kier molecular flexibility index (Phi) is 30.7.